The minimum Gasteiger partial charge on any atom is -0.545 e. The van der Waals surface area contributed by atoms with Crippen LogP contribution in [0, 0.1) is 20.2 Å². The first-order chi connectivity index (χ1) is 13.0. The van der Waals surface area contributed by atoms with Gasteiger partial charge in [0.05, 0.1) is 26.4 Å². The van der Waals surface area contributed by atoms with Gasteiger partial charge < -0.3 is 15.0 Å². The molecule has 1 atom stereocenters. The molecule has 1 N–H and O–H groups in total. The molecule has 0 bridgehead atoms. The molecule has 1 unspecified atom stereocenters. The molecular formula is C14H6Cl2N2O8S2. The SMILES string of the molecule is O=C([O-])c1ccc(S[S+](Cl)c2cc(Cl)c(C(=O)O)cc2[N+](=O)[O-])c([N+](=O)[O-])c1. The van der Waals surface area contributed by atoms with Crippen LogP contribution < -0.4 is 5.11 Å². The van der Waals surface area contributed by atoms with Gasteiger partial charge in [0.25, 0.3) is 10.6 Å². The third kappa shape index (κ3) is 4.65. The first-order valence-electron chi connectivity index (χ1n) is 6.82. The molecule has 0 radical (unpaired) electrons. The Labute approximate surface area is 171 Å². The molecular weight excluding hydrogens is 459 g/mol. The Kier molecular flexibility index (Phi) is 6.72. The zero-order valence-electron chi connectivity index (χ0n) is 13.2. The summed E-state index contributed by atoms with van der Waals surface area (Å²) >= 11 is 5.84. The molecule has 0 amide bonds. The van der Waals surface area contributed by atoms with Crippen LogP contribution in [-0.2, 0) is 9.14 Å². The normalized spacial score (nSPS) is 11.6. The number of carbonyl (C=O) groups is 2. The van der Waals surface area contributed by atoms with Crippen molar-refractivity contribution in [1.82, 2.24) is 0 Å². The quantitative estimate of drug-likeness (QED) is 0.280. The Morgan fingerprint density at radius 3 is 2.18 bits per heavy atom. The van der Waals surface area contributed by atoms with Crippen LogP contribution in [0.4, 0.5) is 11.4 Å². The lowest BCUT2D eigenvalue weighted by Gasteiger charge is -2.05. The zero-order valence-corrected chi connectivity index (χ0v) is 16.3. The Bertz CT molecular complexity index is 1020. The first-order valence-corrected chi connectivity index (χ1v) is 10.6. The Hall–Kier alpha value is -2.54. The molecule has 0 spiro atoms. The van der Waals surface area contributed by atoms with E-state index in [0.717, 1.165) is 30.3 Å². The lowest BCUT2D eigenvalue weighted by atomic mass is 10.2. The molecule has 28 heavy (non-hydrogen) atoms. The molecule has 146 valence electrons. The number of aromatic carboxylic acids is 2. The first kappa shape index (κ1) is 21.8. The fourth-order valence-corrected chi connectivity index (χ4v) is 5.91. The fraction of sp³-hybridized carbons (Fsp3) is 0. The second-order valence-corrected chi connectivity index (χ2v) is 9.77. The predicted octanol–water partition coefficient (Wildman–Crippen LogP) is 3.06. The molecule has 14 heteroatoms. The van der Waals surface area contributed by atoms with Crippen molar-refractivity contribution < 1.29 is 29.6 Å². The maximum Gasteiger partial charge on any atom is 0.337 e. The molecule has 0 heterocycles. The molecule has 0 aliphatic carbocycles. The number of nitro groups is 2. The van der Waals surface area contributed by atoms with Crippen LogP contribution in [0.25, 0.3) is 0 Å². The average molecular weight is 465 g/mol. The summed E-state index contributed by atoms with van der Waals surface area (Å²) in [4.78, 5) is 42.6. The number of hydrogen-bond donors (Lipinski definition) is 1. The lowest BCUT2D eigenvalue weighted by molar-refractivity contribution is -0.388. The van der Waals surface area contributed by atoms with E-state index in [9.17, 15) is 34.9 Å². The van der Waals surface area contributed by atoms with Crippen LogP contribution in [0.3, 0.4) is 0 Å². The average Bonchev–Trinajstić information content (AvgIpc) is 2.60. The molecule has 10 nitrogen and oxygen atoms in total. The van der Waals surface area contributed by atoms with Crippen LogP contribution in [0.1, 0.15) is 20.7 Å². The van der Waals surface area contributed by atoms with Crippen molar-refractivity contribution in [2.75, 3.05) is 0 Å². The number of rotatable bonds is 7. The summed E-state index contributed by atoms with van der Waals surface area (Å²) in [6.07, 6.45) is 0. The van der Waals surface area contributed by atoms with E-state index < -0.39 is 53.4 Å². The summed E-state index contributed by atoms with van der Waals surface area (Å²) in [5.41, 5.74) is -2.13. The summed E-state index contributed by atoms with van der Waals surface area (Å²) in [5, 5.41) is 42.1. The number of nitro benzene ring substituents is 2. The second kappa shape index (κ2) is 8.65. The minimum atomic E-state index is -1.61. The van der Waals surface area contributed by atoms with Gasteiger partial charge in [-0.1, -0.05) is 17.7 Å². The van der Waals surface area contributed by atoms with E-state index in [-0.39, 0.29) is 14.8 Å². The maximum absolute atomic E-state index is 11.3. The molecule has 0 fully saturated rings. The van der Waals surface area contributed by atoms with Crippen molar-refractivity contribution in [2.24, 2.45) is 0 Å². The van der Waals surface area contributed by atoms with E-state index in [2.05, 4.69) is 0 Å². The summed E-state index contributed by atoms with van der Waals surface area (Å²) in [6.45, 7) is 0. The van der Waals surface area contributed by atoms with Crippen molar-refractivity contribution in [2.45, 2.75) is 9.79 Å². The molecule has 0 aliphatic heterocycles. The highest BCUT2D eigenvalue weighted by molar-refractivity contribution is 8.82. The van der Waals surface area contributed by atoms with Crippen molar-refractivity contribution in [3.63, 3.8) is 0 Å². The van der Waals surface area contributed by atoms with Crippen molar-refractivity contribution >= 4 is 65.5 Å². The van der Waals surface area contributed by atoms with Gasteiger partial charge in [0.15, 0.2) is 21.5 Å². The van der Waals surface area contributed by atoms with Gasteiger partial charge in [0.1, 0.15) is 4.90 Å². The van der Waals surface area contributed by atoms with E-state index >= 15 is 0 Å². The fourth-order valence-electron chi connectivity index (χ4n) is 1.96. The van der Waals surface area contributed by atoms with Crippen molar-refractivity contribution in [3.8, 4) is 0 Å². The van der Waals surface area contributed by atoms with Gasteiger partial charge in [-0.05, 0) is 6.07 Å². The number of halogens is 2. The Balaban J connectivity index is 2.51. The number of hydrogen-bond acceptors (Lipinski definition) is 8. The molecule has 0 aliphatic rings. The number of carboxylic acid groups (broad SMARTS) is 2. The number of benzene rings is 2. The van der Waals surface area contributed by atoms with E-state index in [1.807, 2.05) is 0 Å². The van der Waals surface area contributed by atoms with Crippen LogP contribution in [0.15, 0.2) is 40.1 Å². The molecule has 2 rings (SSSR count). The van der Waals surface area contributed by atoms with Crippen LogP contribution in [-0.4, -0.2) is 26.9 Å². The van der Waals surface area contributed by atoms with Gasteiger partial charge in [-0.15, -0.1) is 0 Å². The standard InChI is InChI=1S/C14H6Cl2N2O8S2/c15-8-5-12(10(18(25)26)4-7(8)14(21)22)28(16)27-11-2-1-6(13(19)20)3-9(11)17(23)24/h1-5H,(H-,19,20,21,22). The number of carboxylic acids is 2. The van der Waals surface area contributed by atoms with Crippen LogP contribution in [0.5, 0.6) is 0 Å². The predicted molar refractivity (Wildman–Crippen MR) is 99.8 cm³/mol. The molecule has 0 saturated heterocycles. The second-order valence-electron chi connectivity index (χ2n) is 4.90. The minimum absolute atomic E-state index is 0.0546. The highest BCUT2D eigenvalue weighted by atomic mass is 35.8. The third-order valence-corrected chi connectivity index (χ3v) is 7.44. The smallest absolute Gasteiger partial charge is 0.337 e. The van der Waals surface area contributed by atoms with Gasteiger partial charge in [-0.2, -0.15) is 0 Å². The number of nitrogens with zero attached hydrogens (tertiary/aromatic N) is 2. The van der Waals surface area contributed by atoms with Crippen molar-refractivity contribution in [1.29, 1.82) is 0 Å². The highest BCUT2D eigenvalue weighted by Crippen LogP contribution is 2.44. The van der Waals surface area contributed by atoms with E-state index in [1.54, 1.807) is 0 Å². The lowest BCUT2D eigenvalue weighted by Crippen LogP contribution is -2.22. The van der Waals surface area contributed by atoms with Gasteiger partial charge in [0.2, 0.25) is 9.14 Å². The van der Waals surface area contributed by atoms with Gasteiger partial charge >= 0.3 is 11.7 Å². The molecule has 2 aromatic rings. The van der Waals surface area contributed by atoms with E-state index in [0.29, 0.717) is 10.8 Å². The van der Waals surface area contributed by atoms with Crippen molar-refractivity contribution in [3.05, 3.63) is 66.7 Å². The molecule has 2 aromatic carbocycles. The molecule has 0 saturated carbocycles. The van der Waals surface area contributed by atoms with Crippen LogP contribution in [0.2, 0.25) is 5.02 Å². The number of carbonyl (C=O) groups excluding carboxylic acids is 1. The third-order valence-electron chi connectivity index (χ3n) is 3.20. The summed E-state index contributed by atoms with van der Waals surface area (Å²) in [6, 6.07) is 4.72. The topological polar surface area (TPSA) is 164 Å². The summed E-state index contributed by atoms with van der Waals surface area (Å²) in [5.74, 6) is -3.09. The van der Waals surface area contributed by atoms with Gasteiger partial charge in [0, 0.05) is 23.8 Å². The zero-order chi connectivity index (χ0) is 21.2. The van der Waals surface area contributed by atoms with Gasteiger partial charge in [-0.3, -0.25) is 20.2 Å². The van der Waals surface area contributed by atoms with Gasteiger partial charge in [-0.25, -0.2) is 4.79 Å². The summed E-state index contributed by atoms with van der Waals surface area (Å²) < 4.78 is 0. The largest absolute Gasteiger partial charge is 0.545 e. The summed E-state index contributed by atoms with van der Waals surface area (Å²) in [7, 11) is 5.27. The highest BCUT2D eigenvalue weighted by Gasteiger charge is 2.37. The monoisotopic (exact) mass is 464 g/mol. The van der Waals surface area contributed by atoms with E-state index in [1.165, 1.54) is 0 Å². The maximum atomic E-state index is 11.3. The Morgan fingerprint density at radius 2 is 1.68 bits per heavy atom. The van der Waals surface area contributed by atoms with Crippen LogP contribution >= 0.6 is 33.1 Å². The molecule has 0 aromatic heterocycles. The Morgan fingerprint density at radius 1 is 1.07 bits per heavy atom. The van der Waals surface area contributed by atoms with E-state index in [4.69, 9.17) is 27.4 Å².